The Hall–Kier alpha value is -1.40. The highest BCUT2D eigenvalue weighted by molar-refractivity contribution is 7.99. The van der Waals surface area contributed by atoms with Gasteiger partial charge in [-0.15, -0.1) is 5.10 Å². The van der Waals surface area contributed by atoms with E-state index in [1.54, 1.807) is 24.3 Å². The Morgan fingerprint density at radius 3 is 2.68 bits per heavy atom. The van der Waals surface area contributed by atoms with Gasteiger partial charge in [-0.05, 0) is 47.5 Å². The zero-order valence-electron chi connectivity index (χ0n) is 12.1. The molecule has 1 saturated carbocycles. The monoisotopic (exact) mass is 336 g/mol. The number of carbonyl (C=O) groups excluding carboxylic acids is 1. The van der Waals surface area contributed by atoms with Gasteiger partial charge in [-0.25, -0.2) is 4.68 Å². The Balaban J connectivity index is 1.63. The fourth-order valence-electron chi connectivity index (χ4n) is 2.68. The molecule has 22 heavy (non-hydrogen) atoms. The number of halogens is 1. The summed E-state index contributed by atoms with van der Waals surface area (Å²) >= 11 is 7.23. The largest absolute Gasteiger partial charge is 0.293 e. The molecule has 1 heterocycles. The molecule has 0 spiro atoms. The molecule has 0 atom stereocenters. The summed E-state index contributed by atoms with van der Waals surface area (Å²) in [7, 11) is 0. The molecule has 0 amide bonds. The Morgan fingerprint density at radius 1 is 1.23 bits per heavy atom. The number of hydrogen-bond acceptors (Lipinski definition) is 5. The van der Waals surface area contributed by atoms with E-state index in [-0.39, 0.29) is 5.78 Å². The molecule has 2 aromatic rings. The van der Waals surface area contributed by atoms with E-state index in [0.717, 1.165) is 18.0 Å². The first kappa shape index (κ1) is 15.5. The Labute approximate surface area is 138 Å². The van der Waals surface area contributed by atoms with Crippen molar-refractivity contribution in [1.82, 2.24) is 20.2 Å². The van der Waals surface area contributed by atoms with Crippen LogP contribution in [0.3, 0.4) is 0 Å². The van der Waals surface area contributed by atoms with Crippen molar-refractivity contribution in [2.75, 3.05) is 5.75 Å². The predicted octanol–water partition coefficient (Wildman–Crippen LogP) is 3.81. The molecule has 1 aliphatic carbocycles. The molecule has 0 unspecified atom stereocenters. The lowest BCUT2D eigenvalue weighted by atomic mass is 9.96. The highest BCUT2D eigenvalue weighted by Crippen LogP contribution is 2.30. The second-order valence-corrected chi connectivity index (χ2v) is 6.80. The van der Waals surface area contributed by atoms with Crippen molar-refractivity contribution in [2.45, 2.75) is 43.3 Å². The fourth-order valence-corrected chi connectivity index (χ4v) is 3.65. The minimum absolute atomic E-state index is 0.0554. The topological polar surface area (TPSA) is 60.7 Å². The van der Waals surface area contributed by atoms with Gasteiger partial charge in [0.2, 0.25) is 5.16 Å². The van der Waals surface area contributed by atoms with Crippen LogP contribution >= 0.6 is 23.4 Å². The molecule has 0 bridgehead atoms. The van der Waals surface area contributed by atoms with Crippen LogP contribution in [0.1, 0.15) is 48.5 Å². The Kier molecular flexibility index (Phi) is 5.10. The van der Waals surface area contributed by atoms with Crippen molar-refractivity contribution < 1.29 is 4.79 Å². The quantitative estimate of drug-likeness (QED) is 0.613. The van der Waals surface area contributed by atoms with Gasteiger partial charge in [0.05, 0.1) is 11.8 Å². The van der Waals surface area contributed by atoms with Gasteiger partial charge in [-0.2, -0.15) is 0 Å². The molecule has 1 aromatic carbocycles. The highest BCUT2D eigenvalue weighted by Gasteiger charge is 2.20. The number of hydrogen-bond donors (Lipinski definition) is 0. The summed E-state index contributed by atoms with van der Waals surface area (Å²) in [6, 6.07) is 7.32. The van der Waals surface area contributed by atoms with Crippen LogP contribution in [0, 0.1) is 0 Å². The number of tetrazole rings is 1. The van der Waals surface area contributed by atoms with E-state index in [2.05, 4.69) is 15.5 Å². The van der Waals surface area contributed by atoms with E-state index in [1.165, 1.54) is 31.0 Å². The molecule has 0 radical (unpaired) electrons. The Morgan fingerprint density at radius 2 is 1.95 bits per heavy atom. The van der Waals surface area contributed by atoms with E-state index < -0.39 is 0 Å². The SMILES string of the molecule is O=C(CSc1nnnn1C1CCCCC1)c1ccc(Cl)cc1. The van der Waals surface area contributed by atoms with Gasteiger partial charge in [-0.3, -0.25) is 4.79 Å². The number of rotatable bonds is 5. The number of thioether (sulfide) groups is 1. The van der Waals surface area contributed by atoms with Crippen LogP contribution < -0.4 is 0 Å². The number of benzene rings is 1. The summed E-state index contributed by atoms with van der Waals surface area (Å²) in [4.78, 5) is 12.2. The van der Waals surface area contributed by atoms with E-state index >= 15 is 0 Å². The molecular weight excluding hydrogens is 320 g/mol. The van der Waals surface area contributed by atoms with Crippen molar-refractivity contribution in [3.05, 3.63) is 34.9 Å². The zero-order chi connectivity index (χ0) is 15.4. The lowest BCUT2D eigenvalue weighted by molar-refractivity contribution is 0.102. The summed E-state index contributed by atoms with van der Waals surface area (Å²) in [6.07, 6.45) is 5.96. The van der Waals surface area contributed by atoms with Crippen LogP contribution in [0.2, 0.25) is 5.02 Å². The molecule has 1 aromatic heterocycles. The zero-order valence-corrected chi connectivity index (χ0v) is 13.7. The normalized spacial score (nSPS) is 15.9. The first-order chi connectivity index (χ1) is 10.7. The molecule has 0 saturated heterocycles. The number of Topliss-reactive ketones (excluding diaryl/α,β-unsaturated/α-hetero) is 1. The van der Waals surface area contributed by atoms with Gasteiger partial charge in [0.15, 0.2) is 5.78 Å². The maximum Gasteiger partial charge on any atom is 0.210 e. The minimum atomic E-state index is 0.0554. The minimum Gasteiger partial charge on any atom is -0.293 e. The molecule has 1 fully saturated rings. The van der Waals surface area contributed by atoms with Crippen LogP contribution in [0.5, 0.6) is 0 Å². The van der Waals surface area contributed by atoms with Gasteiger partial charge in [0.1, 0.15) is 0 Å². The van der Waals surface area contributed by atoms with Crippen LogP contribution in [-0.2, 0) is 0 Å². The van der Waals surface area contributed by atoms with Crippen LogP contribution in [0.25, 0.3) is 0 Å². The summed E-state index contributed by atoms with van der Waals surface area (Å²) in [5.41, 5.74) is 0.661. The summed E-state index contributed by atoms with van der Waals surface area (Å²) in [5, 5.41) is 13.3. The summed E-state index contributed by atoms with van der Waals surface area (Å²) < 4.78 is 1.89. The highest BCUT2D eigenvalue weighted by atomic mass is 35.5. The molecule has 7 heteroatoms. The van der Waals surface area contributed by atoms with Gasteiger partial charge in [0, 0.05) is 10.6 Å². The average Bonchev–Trinajstić information content (AvgIpc) is 3.02. The van der Waals surface area contributed by atoms with Gasteiger partial charge < -0.3 is 0 Å². The lowest BCUT2D eigenvalue weighted by Crippen LogP contribution is -2.15. The van der Waals surface area contributed by atoms with E-state index in [1.807, 2.05) is 4.68 Å². The van der Waals surface area contributed by atoms with Crippen molar-refractivity contribution in [3.8, 4) is 0 Å². The van der Waals surface area contributed by atoms with Crippen LogP contribution in [-0.4, -0.2) is 31.7 Å². The fraction of sp³-hybridized carbons (Fsp3) is 0.467. The standard InChI is InChI=1S/C15H17ClN4OS/c16-12-8-6-11(7-9-12)14(21)10-22-15-17-18-19-20(15)13-4-2-1-3-5-13/h6-9,13H,1-5,10H2. The first-order valence-corrected chi connectivity index (χ1v) is 8.80. The average molecular weight is 337 g/mol. The molecular formula is C15H17ClN4OS. The summed E-state index contributed by atoms with van der Waals surface area (Å²) in [5.74, 6) is 0.384. The molecule has 0 aliphatic heterocycles. The summed E-state index contributed by atoms with van der Waals surface area (Å²) in [6.45, 7) is 0. The molecule has 1 aliphatic rings. The molecule has 116 valence electrons. The van der Waals surface area contributed by atoms with E-state index in [9.17, 15) is 4.79 Å². The Bertz CT molecular complexity index is 637. The van der Waals surface area contributed by atoms with Crippen LogP contribution in [0.15, 0.2) is 29.4 Å². The smallest absolute Gasteiger partial charge is 0.210 e. The van der Waals surface area contributed by atoms with Gasteiger partial charge >= 0.3 is 0 Å². The maximum atomic E-state index is 12.2. The third-order valence-electron chi connectivity index (χ3n) is 3.88. The molecule has 5 nitrogen and oxygen atoms in total. The lowest BCUT2D eigenvalue weighted by Gasteiger charge is -2.21. The van der Waals surface area contributed by atoms with Crippen molar-refractivity contribution >= 4 is 29.1 Å². The number of ketones is 1. The molecule has 0 N–H and O–H groups in total. The number of nitrogens with zero attached hydrogens (tertiary/aromatic N) is 4. The molecule has 3 rings (SSSR count). The second kappa shape index (κ2) is 7.24. The predicted molar refractivity (Wildman–Crippen MR) is 86.4 cm³/mol. The van der Waals surface area contributed by atoms with Crippen molar-refractivity contribution in [3.63, 3.8) is 0 Å². The second-order valence-electron chi connectivity index (χ2n) is 5.42. The van der Waals surface area contributed by atoms with Crippen molar-refractivity contribution in [2.24, 2.45) is 0 Å². The first-order valence-electron chi connectivity index (χ1n) is 7.43. The van der Waals surface area contributed by atoms with E-state index in [0.29, 0.717) is 22.4 Å². The number of carbonyl (C=O) groups is 1. The van der Waals surface area contributed by atoms with Crippen LogP contribution in [0.4, 0.5) is 0 Å². The third-order valence-corrected chi connectivity index (χ3v) is 5.07. The van der Waals surface area contributed by atoms with Crippen molar-refractivity contribution in [1.29, 1.82) is 0 Å². The number of aromatic nitrogens is 4. The van der Waals surface area contributed by atoms with Gasteiger partial charge in [0.25, 0.3) is 0 Å². The van der Waals surface area contributed by atoms with Gasteiger partial charge in [-0.1, -0.05) is 42.6 Å². The van der Waals surface area contributed by atoms with E-state index in [4.69, 9.17) is 11.6 Å². The third kappa shape index (κ3) is 3.67. The maximum absolute atomic E-state index is 12.2.